The topological polar surface area (TPSA) is 75.5 Å². The summed E-state index contributed by atoms with van der Waals surface area (Å²) in [5, 5.41) is 13.8. The van der Waals surface area contributed by atoms with Gasteiger partial charge in [-0.2, -0.15) is 0 Å². The second-order valence-electron chi connectivity index (χ2n) is 5.97. The standard InChI is InChI=1S/C18H20BrN3O3/c1-12-7-8-17(16(19)9-12)20-18(23)11-21(3)13(2)14-5-4-6-15(10-14)22(24)25/h4-10,13H,11H2,1-3H3,(H,20,23). The van der Waals surface area contributed by atoms with Gasteiger partial charge in [0, 0.05) is 22.6 Å². The first-order valence-electron chi connectivity index (χ1n) is 7.78. The largest absolute Gasteiger partial charge is 0.324 e. The fraction of sp³-hybridized carbons (Fsp3) is 0.278. The number of nitro benzene ring substituents is 1. The lowest BCUT2D eigenvalue weighted by molar-refractivity contribution is -0.384. The highest BCUT2D eigenvalue weighted by molar-refractivity contribution is 9.10. The zero-order chi connectivity index (χ0) is 18.6. The number of benzene rings is 2. The number of amides is 1. The van der Waals surface area contributed by atoms with Gasteiger partial charge in [-0.3, -0.25) is 19.8 Å². The summed E-state index contributed by atoms with van der Waals surface area (Å²) >= 11 is 3.44. The number of anilines is 1. The van der Waals surface area contributed by atoms with E-state index in [1.165, 1.54) is 12.1 Å². The SMILES string of the molecule is Cc1ccc(NC(=O)CN(C)C(C)c2cccc([N+](=O)[O-])c2)c(Br)c1. The van der Waals surface area contributed by atoms with Crippen molar-refractivity contribution in [3.8, 4) is 0 Å². The van der Waals surface area contributed by atoms with Gasteiger partial charge in [-0.1, -0.05) is 18.2 Å². The van der Waals surface area contributed by atoms with Crippen LogP contribution in [0.2, 0.25) is 0 Å². The number of non-ortho nitro benzene ring substituents is 1. The zero-order valence-corrected chi connectivity index (χ0v) is 15.9. The van der Waals surface area contributed by atoms with E-state index in [1.807, 2.05) is 50.1 Å². The number of likely N-dealkylation sites (N-methyl/N-ethyl adjacent to an activating group) is 1. The number of nitro groups is 1. The summed E-state index contributed by atoms with van der Waals surface area (Å²) in [5.41, 5.74) is 2.65. The van der Waals surface area contributed by atoms with Gasteiger partial charge in [-0.25, -0.2) is 0 Å². The average molecular weight is 406 g/mol. The van der Waals surface area contributed by atoms with Crippen LogP contribution in [0.5, 0.6) is 0 Å². The number of hydrogen-bond donors (Lipinski definition) is 1. The second-order valence-corrected chi connectivity index (χ2v) is 6.83. The molecule has 0 aliphatic carbocycles. The molecule has 6 nitrogen and oxygen atoms in total. The van der Waals surface area contributed by atoms with Crippen LogP contribution in [0.15, 0.2) is 46.9 Å². The third-order valence-electron chi connectivity index (χ3n) is 4.02. The Kier molecular flexibility index (Phi) is 6.27. The number of halogens is 1. The van der Waals surface area contributed by atoms with Crippen molar-refractivity contribution in [2.45, 2.75) is 19.9 Å². The molecule has 0 aliphatic rings. The molecule has 2 rings (SSSR count). The molecule has 1 atom stereocenters. The first-order valence-corrected chi connectivity index (χ1v) is 8.58. The molecule has 0 saturated carbocycles. The average Bonchev–Trinajstić information content (AvgIpc) is 2.56. The number of nitrogens with zero attached hydrogens (tertiary/aromatic N) is 2. The summed E-state index contributed by atoms with van der Waals surface area (Å²) < 4.78 is 0.829. The number of carbonyl (C=O) groups excluding carboxylic acids is 1. The molecule has 7 heteroatoms. The van der Waals surface area contributed by atoms with Crippen LogP contribution < -0.4 is 5.32 Å². The van der Waals surface area contributed by atoms with Gasteiger partial charge >= 0.3 is 0 Å². The highest BCUT2D eigenvalue weighted by Crippen LogP contribution is 2.25. The van der Waals surface area contributed by atoms with Gasteiger partial charge in [0.25, 0.3) is 5.69 Å². The summed E-state index contributed by atoms with van der Waals surface area (Å²) in [6.45, 7) is 4.06. The fourth-order valence-electron chi connectivity index (χ4n) is 2.43. The molecule has 132 valence electrons. The number of rotatable bonds is 6. The van der Waals surface area contributed by atoms with Crippen LogP contribution in [0.1, 0.15) is 24.1 Å². The Bertz CT molecular complexity index is 795. The van der Waals surface area contributed by atoms with Crippen LogP contribution in [-0.2, 0) is 4.79 Å². The Hall–Kier alpha value is -2.25. The Morgan fingerprint density at radius 1 is 1.32 bits per heavy atom. The summed E-state index contributed by atoms with van der Waals surface area (Å²) in [4.78, 5) is 24.6. The van der Waals surface area contributed by atoms with E-state index in [4.69, 9.17) is 0 Å². The van der Waals surface area contributed by atoms with Crippen LogP contribution in [0.3, 0.4) is 0 Å². The number of carbonyl (C=O) groups is 1. The molecule has 1 N–H and O–H groups in total. The lowest BCUT2D eigenvalue weighted by Gasteiger charge is -2.24. The van der Waals surface area contributed by atoms with Crippen LogP contribution in [0.4, 0.5) is 11.4 Å². The van der Waals surface area contributed by atoms with E-state index in [9.17, 15) is 14.9 Å². The van der Waals surface area contributed by atoms with E-state index in [0.717, 1.165) is 15.6 Å². The van der Waals surface area contributed by atoms with Gasteiger partial charge in [0.2, 0.25) is 5.91 Å². The molecule has 2 aromatic carbocycles. The van der Waals surface area contributed by atoms with Gasteiger partial charge in [0.15, 0.2) is 0 Å². The Balaban J connectivity index is 2.02. The molecule has 2 aromatic rings. The van der Waals surface area contributed by atoms with Gasteiger partial charge in [0.1, 0.15) is 0 Å². The summed E-state index contributed by atoms with van der Waals surface area (Å²) in [7, 11) is 1.81. The van der Waals surface area contributed by atoms with E-state index < -0.39 is 4.92 Å². The summed E-state index contributed by atoms with van der Waals surface area (Å²) in [6, 6.07) is 12.0. The van der Waals surface area contributed by atoms with Gasteiger partial charge in [-0.05, 0) is 60.1 Å². The molecule has 0 heterocycles. The quantitative estimate of drug-likeness (QED) is 0.574. The van der Waals surface area contributed by atoms with Crippen molar-refractivity contribution in [3.05, 3.63) is 68.2 Å². The van der Waals surface area contributed by atoms with Crippen molar-refractivity contribution in [2.75, 3.05) is 18.9 Å². The van der Waals surface area contributed by atoms with Crippen molar-refractivity contribution in [3.63, 3.8) is 0 Å². The molecular formula is C18H20BrN3O3. The minimum Gasteiger partial charge on any atom is -0.324 e. The lowest BCUT2D eigenvalue weighted by Crippen LogP contribution is -2.32. The first kappa shape index (κ1) is 19.1. The van der Waals surface area contributed by atoms with Gasteiger partial charge in [0.05, 0.1) is 17.2 Å². The minimum atomic E-state index is -0.419. The molecule has 0 saturated heterocycles. The monoisotopic (exact) mass is 405 g/mol. The molecular weight excluding hydrogens is 386 g/mol. The second kappa shape index (κ2) is 8.22. The third-order valence-corrected chi connectivity index (χ3v) is 4.67. The molecule has 1 amide bonds. The van der Waals surface area contributed by atoms with Crippen molar-refractivity contribution < 1.29 is 9.72 Å². The predicted octanol–water partition coefficient (Wildman–Crippen LogP) is 4.30. The molecule has 0 aromatic heterocycles. The van der Waals surface area contributed by atoms with Gasteiger partial charge in [-0.15, -0.1) is 0 Å². The van der Waals surface area contributed by atoms with E-state index in [1.54, 1.807) is 6.07 Å². The van der Waals surface area contributed by atoms with Crippen molar-refractivity contribution in [2.24, 2.45) is 0 Å². The predicted molar refractivity (Wildman–Crippen MR) is 102 cm³/mol. The van der Waals surface area contributed by atoms with E-state index >= 15 is 0 Å². The van der Waals surface area contributed by atoms with E-state index in [2.05, 4.69) is 21.2 Å². The Morgan fingerprint density at radius 2 is 2.04 bits per heavy atom. The fourth-order valence-corrected chi connectivity index (χ4v) is 3.02. The highest BCUT2D eigenvalue weighted by Gasteiger charge is 2.17. The molecule has 25 heavy (non-hydrogen) atoms. The maximum atomic E-state index is 12.3. The zero-order valence-electron chi connectivity index (χ0n) is 14.3. The van der Waals surface area contributed by atoms with Crippen molar-refractivity contribution in [1.29, 1.82) is 0 Å². The lowest BCUT2D eigenvalue weighted by atomic mass is 10.1. The highest BCUT2D eigenvalue weighted by atomic mass is 79.9. The van der Waals surface area contributed by atoms with Crippen LogP contribution in [0.25, 0.3) is 0 Å². The summed E-state index contributed by atoms with van der Waals surface area (Å²) in [6.07, 6.45) is 0. The van der Waals surface area contributed by atoms with Crippen LogP contribution >= 0.6 is 15.9 Å². The molecule has 0 radical (unpaired) electrons. The Labute approximate surface area is 155 Å². The van der Waals surface area contributed by atoms with Crippen molar-refractivity contribution in [1.82, 2.24) is 4.90 Å². The van der Waals surface area contributed by atoms with Gasteiger partial charge < -0.3 is 5.32 Å². The summed E-state index contributed by atoms with van der Waals surface area (Å²) in [5.74, 6) is -0.149. The van der Waals surface area contributed by atoms with E-state index in [-0.39, 0.29) is 24.2 Å². The molecule has 1 unspecified atom stereocenters. The van der Waals surface area contributed by atoms with E-state index in [0.29, 0.717) is 5.69 Å². The number of nitrogens with one attached hydrogen (secondary N) is 1. The molecule has 0 aliphatic heterocycles. The normalized spacial score (nSPS) is 12.0. The molecule has 0 fully saturated rings. The number of hydrogen-bond acceptors (Lipinski definition) is 4. The molecule has 0 bridgehead atoms. The Morgan fingerprint density at radius 3 is 2.68 bits per heavy atom. The maximum Gasteiger partial charge on any atom is 0.269 e. The van der Waals surface area contributed by atoms with Crippen LogP contribution in [-0.4, -0.2) is 29.3 Å². The maximum absolute atomic E-state index is 12.3. The third kappa shape index (κ3) is 5.11. The number of aryl methyl sites for hydroxylation is 1. The van der Waals surface area contributed by atoms with Crippen LogP contribution in [0, 0.1) is 17.0 Å². The first-order chi connectivity index (χ1) is 11.8. The minimum absolute atomic E-state index is 0.0470. The molecule has 0 spiro atoms. The smallest absolute Gasteiger partial charge is 0.269 e. The van der Waals surface area contributed by atoms with Crippen molar-refractivity contribution >= 4 is 33.2 Å².